The average Bonchev–Trinajstić information content (AvgIpc) is 2.53. The molecule has 3 heterocycles. The normalized spacial score (nSPS) is 22.0. The molecule has 0 atom stereocenters. The fourth-order valence-corrected chi connectivity index (χ4v) is 4.51. The summed E-state index contributed by atoms with van der Waals surface area (Å²) >= 11 is 0. The highest BCUT2D eigenvalue weighted by molar-refractivity contribution is 7.88. The van der Waals surface area contributed by atoms with Gasteiger partial charge in [0.25, 0.3) is 0 Å². The summed E-state index contributed by atoms with van der Waals surface area (Å²) in [6.45, 7) is 8.81. The molecule has 0 spiro atoms. The van der Waals surface area contributed by atoms with Gasteiger partial charge in [0.05, 0.1) is 6.26 Å². The largest absolute Gasteiger partial charge is 0.341 e. The maximum absolute atomic E-state index is 11.6. The van der Waals surface area contributed by atoms with Gasteiger partial charge in [0.15, 0.2) is 0 Å². The minimum Gasteiger partial charge on any atom is -0.341 e. The van der Waals surface area contributed by atoms with Crippen molar-refractivity contribution in [3.8, 4) is 0 Å². The van der Waals surface area contributed by atoms with Crippen molar-refractivity contribution in [2.75, 3.05) is 50.4 Å². The van der Waals surface area contributed by atoms with Gasteiger partial charge in [0.1, 0.15) is 0 Å². The number of nitrogens with zero attached hydrogens (tertiary/aromatic N) is 5. The van der Waals surface area contributed by atoms with E-state index in [2.05, 4.69) is 19.8 Å². The second-order valence-corrected chi connectivity index (χ2v) is 8.85. The van der Waals surface area contributed by atoms with E-state index in [-0.39, 0.29) is 0 Å². The number of hydrogen-bond donors (Lipinski definition) is 0. The van der Waals surface area contributed by atoms with Crippen molar-refractivity contribution in [3.05, 3.63) is 17.5 Å². The van der Waals surface area contributed by atoms with Gasteiger partial charge in [-0.25, -0.2) is 18.4 Å². The predicted molar refractivity (Wildman–Crippen MR) is 94.7 cm³/mol. The Balaban J connectivity index is 1.54. The molecule has 0 radical (unpaired) electrons. The standard InChI is InChI=1S/C16H27N5O2S/c1-13-12-14(2)18-16(17-13)20-6-4-15(5-7-20)19-8-10-21(11-9-19)24(3,22)23/h12,15H,4-11H2,1-3H3. The smallest absolute Gasteiger partial charge is 0.225 e. The van der Waals surface area contributed by atoms with E-state index in [0.717, 1.165) is 56.4 Å². The Morgan fingerprint density at radius 1 is 0.958 bits per heavy atom. The van der Waals surface area contributed by atoms with Crippen LogP contribution < -0.4 is 4.90 Å². The molecule has 2 saturated heterocycles. The van der Waals surface area contributed by atoms with Crippen molar-refractivity contribution in [1.29, 1.82) is 0 Å². The SMILES string of the molecule is Cc1cc(C)nc(N2CCC(N3CCN(S(C)(=O)=O)CC3)CC2)n1. The number of aromatic nitrogens is 2. The molecule has 24 heavy (non-hydrogen) atoms. The maximum atomic E-state index is 11.6. The Bertz CT molecular complexity index is 657. The number of anilines is 1. The third-order valence-electron chi connectivity index (χ3n) is 4.98. The summed E-state index contributed by atoms with van der Waals surface area (Å²) in [5, 5.41) is 0. The third kappa shape index (κ3) is 4.04. The van der Waals surface area contributed by atoms with Crippen LogP contribution in [0.25, 0.3) is 0 Å². The van der Waals surface area contributed by atoms with Gasteiger partial charge in [-0.3, -0.25) is 4.90 Å². The topological polar surface area (TPSA) is 69.6 Å². The van der Waals surface area contributed by atoms with E-state index in [1.54, 1.807) is 4.31 Å². The molecular formula is C16H27N5O2S. The molecule has 1 aromatic heterocycles. The van der Waals surface area contributed by atoms with Crippen LogP contribution in [0, 0.1) is 13.8 Å². The number of piperidine rings is 1. The fourth-order valence-electron chi connectivity index (χ4n) is 3.68. The monoisotopic (exact) mass is 353 g/mol. The van der Waals surface area contributed by atoms with Crippen molar-refractivity contribution in [3.63, 3.8) is 0 Å². The van der Waals surface area contributed by atoms with Gasteiger partial charge in [-0.2, -0.15) is 4.31 Å². The molecule has 0 saturated carbocycles. The molecule has 1 aromatic rings. The van der Waals surface area contributed by atoms with Crippen LogP contribution in [0.4, 0.5) is 5.95 Å². The van der Waals surface area contributed by atoms with Crippen LogP contribution in [0.5, 0.6) is 0 Å². The number of piperazine rings is 1. The minimum atomic E-state index is -3.05. The van der Waals surface area contributed by atoms with Crippen molar-refractivity contribution in [2.24, 2.45) is 0 Å². The lowest BCUT2D eigenvalue weighted by molar-refractivity contribution is 0.120. The Kier molecular flexibility index (Phi) is 5.08. The zero-order chi connectivity index (χ0) is 17.3. The van der Waals surface area contributed by atoms with E-state index < -0.39 is 10.0 Å². The van der Waals surface area contributed by atoms with Crippen molar-refractivity contribution < 1.29 is 8.42 Å². The lowest BCUT2D eigenvalue weighted by atomic mass is 10.0. The first-order valence-electron chi connectivity index (χ1n) is 8.59. The highest BCUT2D eigenvalue weighted by Crippen LogP contribution is 2.22. The number of aryl methyl sites for hydroxylation is 2. The van der Waals surface area contributed by atoms with Gasteiger partial charge in [-0.15, -0.1) is 0 Å². The molecular weight excluding hydrogens is 326 g/mol. The lowest BCUT2D eigenvalue weighted by Gasteiger charge is -2.42. The first-order chi connectivity index (χ1) is 11.3. The average molecular weight is 353 g/mol. The second kappa shape index (κ2) is 6.93. The molecule has 2 fully saturated rings. The Morgan fingerprint density at radius 2 is 1.50 bits per heavy atom. The van der Waals surface area contributed by atoms with E-state index in [1.807, 2.05) is 19.9 Å². The van der Waals surface area contributed by atoms with Crippen LogP contribution in [0.3, 0.4) is 0 Å². The number of hydrogen-bond acceptors (Lipinski definition) is 6. The molecule has 2 aliphatic rings. The van der Waals surface area contributed by atoms with Crippen LogP contribution in [-0.2, 0) is 10.0 Å². The highest BCUT2D eigenvalue weighted by atomic mass is 32.2. The van der Waals surface area contributed by atoms with Crippen molar-refractivity contribution >= 4 is 16.0 Å². The van der Waals surface area contributed by atoms with E-state index in [1.165, 1.54) is 6.26 Å². The maximum Gasteiger partial charge on any atom is 0.225 e. The minimum absolute atomic E-state index is 0.536. The summed E-state index contributed by atoms with van der Waals surface area (Å²) in [4.78, 5) is 13.8. The van der Waals surface area contributed by atoms with Crippen LogP contribution in [0.15, 0.2) is 6.07 Å². The molecule has 134 valence electrons. The molecule has 0 aliphatic carbocycles. The molecule has 7 nitrogen and oxygen atoms in total. The van der Waals surface area contributed by atoms with Gasteiger partial charge in [0, 0.05) is 56.7 Å². The third-order valence-corrected chi connectivity index (χ3v) is 6.28. The molecule has 2 aliphatic heterocycles. The van der Waals surface area contributed by atoms with Gasteiger partial charge in [-0.1, -0.05) is 0 Å². The summed E-state index contributed by atoms with van der Waals surface area (Å²) in [5.41, 5.74) is 2.02. The van der Waals surface area contributed by atoms with Crippen LogP contribution >= 0.6 is 0 Å². The highest BCUT2D eigenvalue weighted by Gasteiger charge is 2.30. The number of rotatable bonds is 3. The zero-order valence-corrected chi connectivity index (χ0v) is 15.6. The Hall–Kier alpha value is -1.25. The zero-order valence-electron chi connectivity index (χ0n) is 14.8. The quantitative estimate of drug-likeness (QED) is 0.794. The first-order valence-corrected chi connectivity index (χ1v) is 10.4. The first kappa shape index (κ1) is 17.6. The van der Waals surface area contributed by atoms with Crippen molar-refractivity contribution in [1.82, 2.24) is 19.2 Å². The van der Waals surface area contributed by atoms with Gasteiger partial charge in [0.2, 0.25) is 16.0 Å². The van der Waals surface area contributed by atoms with Crippen LogP contribution in [0.1, 0.15) is 24.2 Å². The second-order valence-electron chi connectivity index (χ2n) is 6.87. The molecule has 0 bridgehead atoms. The van der Waals surface area contributed by atoms with E-state index in [4.69, 9.17) is 0 Å². The fraction of sp³-hybridized carbons (Fsp3) is 0.750. The van der Waals surface area contributed by atoms with Crippen LogP contribution in [0.2, 0.25) is 0 Å². The summed E-state index contributed by atoms with van der Waals surface area (Å²) < 4.78 is 24.8. The lowest BCUT2D eigenvalue weighted by Crippen LogP contribution is -2.54. The predicted octanol–water partition coefficient (Wildman–Crippen LogP) is 0.639. The summed E-state index contributed by atoms with van der Waals surface area (Å²) in [7, 11) is -3.05. The van der Waals surface area contributed by atoms with E-state index in [9.17, 15) is 8.42 Å². The Labute approximate surface area is 144 Å². The summed E-state index contributed by atoms with van der Waals surface area (Å²) in [5.74, 6) is 0.841. The molecule has 0 N–H and O–H groups in total. The molecule has 3 rings (SSSR count). The molecule has 0 unspecified atom stereocenters. The van der Waals surface area contributed by atoms with E-state index in [0.29, 0.717) is 19.1 Å². The van der Waals surface area contributed by atoms with Gasteiger partial charge >= 0.3 is 0 Å². The summed E-state index contributed by atoms with van der Waals surface area (Å²) in [6.07, 6.45) is 3.45. The molecule has 0 amide bonds. The Morgan fingerprint density at radius 3 is 2.00 bits per heavy atom. The van der Waals surface area contributed by atoms with E-state index >= 15 is 0 Å². The van der Waals surface area contributed by atoms with Gasteiger partial charge < -0.3 is 4.90 Å². The van der Waals surface area contributed by atoms with Crippen LogP contribution in [-0.4, -0.2) is 79.2 Å². The van der Waals surface area contributed by atoms with Gasteiger partial charge in [-0.05, 0) is 32.8 Å². The molecule has 0 aromatic carbocycles. The molecule has 8 heteroatoms. The van der Waals surface area contributed by atoms with Crippen molar-refractivity contribution in [2.45, 2.75) is 32.7 Å². The summed E-state index contributed by atoms with van der Waals surface area (Å²) in [6, 6.07) is 2.53. The number of sulfonamides is 1.